The third kappa shape index (κ3) is 3.54. The van der Waals surface area contributed by atoms with Gasteiger partial charge in [0.2, 0.25) is 0 Å². The van der Waals surface area contributed by atoms with Gasteiger partial charge >= 0.3 is 0 Å². The average Bonchev–Trinajstić information content (AvgIpc) is 2.40. The van der Waals surface area contributed by atoms with Crippen LogP contribution in [0.2, 0.25) is 15.1 Å². The van der Waals surface area contributed by atoms with E-state index in [-0.39, 0.29) is 6.61 Å². The topological polar surface area (TPSA) is 33.0 Å². The Labute approximate surface area is 126 Å². The molecule has 0 saturated carbocycles. The van der Waals surface area contributed by atoms with Gasteiger partial charge in [0.1, 0.15) is 18.4 Å². The van der Waals surface area contributed by atoms with E-state index < -0.39 is 0 Å². The molecule has 0 radical (unpaired) electrons. The van der Waals surface area contributed by atoms with E-state index in [9.17, 15) is 0 Å². The Morgan fingerprint density at radius 3 is 2.47 bits per heavy atom. The van der Waals surface area contributed by atoms with Crippen molar-refractivity contribution >= 4 is 34.8 Å². The van der Waals surface area contributed by atoms with Crippen molar-refractivity contribution in [3.05, 3.63) is 62.6 Å². The van der Waals surface area contributed by atoms with E-state index in [1.54, 1.807) is 36.4 Å². The van der Waals surface area contributed by atoms with Gasteiger partial charge in [-0.25, -0.2) is 0 Å². The van der Waals surface area contributed by atoms with E-state index in [0.717, 1.165) is 5.56 Å². The van der Waals surface area contributed by atoms with Crippen LogP contribution in [0, 0.1) is 11.3 Å². The van der Waals surface area contributed by atoms with Gasteiger partial charge in [-0.2, -0.15) is 5.26 Å². The normalized spacial score (nSPS) is 10.0. The summed E-state index contributed by atoms with van der Waals surface area (Å²) in [5.74, 6) is 0.569. The number of nitriles is 1. The molecule has 0 N–H and O–H groups in total. The third-order valence-corrected chi connectivity index (χ3v) is 3.38. The fourth-order valence-electron chi connectivity index (χ4n) is 1.49. The number of ether oxygens (including phenoxy) is 1. The highest BCUT2D eigenvalue weighted by Crippen LogP contribution is 2.25. The zero-order chi connectivity index (χ0) is 13.8. The maximum Gasteiger partial charge on any atom is 0.121 e. The van der Waals surface area contributed by atoms with E-state index >= 15 is 0 Å². The van der Waals surface area contributed by atoms with E-state index in [1.165, 1.54) is 0 Å². The molecule has 0 aliphatic rings. The molecule has 0 heterocycles. The zero-order valence-corrected chi connectivity index (χ0v) is 11.9. The van der Waals surface area contributed by atoms with Crippen LogP contribution in [-0.4, -0.2) is 0 Å². The van der Waals surface area contributed by atoms with Gasteiger partial charge in [-0.1, -0.05) is 34.8 Å². The lowest BCUT2D eigenvalue weighted by molar-refractivity contribution is 0.306. The molecule has 0 saturated heterocycles. The second-order valence-corrected chi connectivity index (χ2v) is 5.03. The van der Waals surface area contributed by atoms with Crippen molar-refractivity contribution in [3.63, 3.8) is 0 Å². The number of benzene rings is 2. The molecule has 96 valence electrons. The first-order chi connectivity index (χ1) is 9.10. The molecule has 0 aliphatic heterocycles. The SMILES string of the molecule is N#Cc1ccc(OCc2cc(Cl)ccc2Cl)cc1Cl. The number of rotatable bonds is 3. The van der Waals surface area contributed by atoms with Crippen LogP contribution in [-0.2, 0) is 6.61 Å². The number of hydrogen-bond donors (Lipinski definition) is 0. The number of nitrogens with zero attached hydrogens (tertiary/aromatic N) is 1. The lowest BCUT2D eigenvalue weighted by atomic mass is 10.2. The first kappa shape index (κ1) is 14.0. The van der Waals surface area contributed by atoms with E-state index in [4.69, 9.17) is 44.8 Å². The fourth-order valence-corrected chi connectivity index (χ4v) is 2.07. The summed E-state index contributed by atoms with van der Waals surface area (Å²) >= 11 is 17.8. The Morgan fingerprint density at radius 2 is 1.79 bits per heavy atom. The molecular weight excluding hydrogens is 305 g/mol. The second kappa shape index (κ2) is 6.16. The highest BCUT2D eigenvalue weighted by molar-refractivity contribution is 6.33. The molecule has 19 heavy (non-hydrogen) atoms. The van der Waals surface area contributed by atoms with Crippen molar-refractivity contribution in [1.29, 1.82) is 5.26 Å². The van der Waals surface area contributed by atoms with Crippen LogP contribution in [0.3, 0.4) is 0 Å². The third-order valence-electron chi connectivity index (χ3n) is 2.46. The molecule has 5 heteroatoms. The summed E-state index contributed by atoms with van der Waals surface area (Å²) in [5, 5.41) is 10.3. The van der Waals surface area contributed by atoms with Crippen LogP contribution >= 0.6 is 34.8 Å². The zero-order valence-electron chi connectivity index (χ0n) is 9.66. The van der Waals surface area contributed by atoms with Gasteiger partial charge in [0.25, 0.3) is 0 Å². The molecule has 0 amide bonds. The van der Waals surface area contributed by atoms with Gasteiger partial charge in [-0.15, -0.1) is 0 Å². The molecule has 2 rings (SSSR count). The van der Waals surface area contributed by atoms with Gasteiger partial charge in [0, 0.05) is 21.7 Å². The summed E-state index contributed by atoms with van der Waals surface area (Å²) in [6.07, 6.45) is 0. The minimum atomic E-state index is 0.279. The Bertz CT molecular complexity index is 650. The molecule has 0 fully saturated rings. The quantitative estimate of drug-likeness (QED) is 0.790. The van der Waals surface area contributed by atoms with E-state index in [2.05, 4.69) is 0 Å². The summed E-state index contributed by atoms with van der Waals surface area (Å²) in [6, 6.07) is 12.1. The summed E-state index contributed by atoms with van der Waals surface area (Å²) in [7, 11) is 0. The van der Waals surface area contributed by atoms with Gasteiger partial charge in [-0.05, 0) is 30.3 Å². The lowest BCUT2D eigenvalue weighted by Gasteiger charge is -2.09. The van der Waals surface area contributed by atoms with Crippen molar-refractivity contribution in [2.24, 2.45) is 0 Å². The molecule has 0 aromatic heterocycles. The molecule has 0 atom stereocenters. The highest BCUT2D eigenvalue weighted by atomic mass is 35.5. The summed E-state index contributed by atoms with van der Waals surface area (Å²) < 4.78 is 5.57. The minimum Gasteiger partial charge on any atom is -0.489 e. The molecule has 0 unspecified atom stereocenters. The summed E-state index contributed by atoms with van der Waals surface area (Å²) in [4.78, 5) is 0. The minimum absolute atomic E-state index is 0.279. The standard InChI is InChI=1S/C14H8Cl3NO/c15-11-2-4-13(16)10(5-11)8-19-12-3-1-9(7-18)14(17)6-12/h1-6H,8H2. The predicted molar refractivity (Wildman–Crippen MR) is 77.0 cm³/mol. The van der Waals surface area contributed by atoms with Crippen LogP contribution < -0.4 is 4.74 Å². The van der Waals surface area contributed by atoms with Crippen LogP contribution in [0.5, 0.6) is 5.75 Å². The second-order valence-electron chi connectivity index (χ2n) is 3.78. The van der Waals surface area contributed by atoms with Gasteiger partial charge in [-0.3, -0.25) is 0 Å². The summed E-state index contributed by atoms with van der Waals surface area (Å²) in [5.41, 5.74) is 1.20. The maximum absolute atomic E-state index is 8.78. The molecular formula is C14H8Cl3NO. The molecule has 2 aromatic carbocycles. The number of halogens is 3. The van der Waals surface area contributed by atoms with Crippen molar-refractivity contribution < 1.29 is 4.74 Å². The Kier molecular flexibility index (Phi) is 4.55. The predicted octanol–water partition coefficient (Wildman–Crippen LogP) is 5.10. The van der Waals surface area contributed by atoms with Gasteiger partial charge in [0.05, 0.1) is 10.6 Å². The average molecular weight is 313 g/mol. The Morgan fingerprint density at radius 1 is 1.00 bits per heavy atom. The fraction of sp³-hybridized carbons (Fsp3) is 0.0714. The van der Waals surface area contributed by atoms with Gasteiger partial charge in [0.15, 0.2) is 0 Å². The lowest BCUT2D eigenvalue weighted by Crippen LogP contribution is -1.96. The monoisotopic (exact) mass is 311 g/mol. The molecule has 0 bridgehead atoms. The highest BCUT2D eigenvalue weighted by Gasteiger charge is 2.05. The van der Waals surface area contributed by atoms with Crippen LogP contribution in [0.1, 0.15) is 11.1 Å². The van der Waals surface area contributed by atoms with E-state index in [0.29, 0.717) is 26.4 Å². The molecule has 2 nitrogen and oxygen atoms in total. The first-order valence-corrected chi connectivity index (χ1v) is 6.50. The van der Waals surface area contributed by atoms with Crippen LogP contribution in [0.25, 0.3) is 0 Å². The van der Waals surface area contributed by atoms with E-state index in [1.807, 2.05) is 6.07 Å². The molecule has 2 aromatic rings. The number of hydrogen-bond acceptors (Lipinski definition) is 2. The maximum atomic E-state index is 8.78. The Hall–Kier alpha value is -1.40. The molecule has 0 aliphatic carbocycles. The molecule has 0 spiro atoms. The van der Waals surface area contributed by atoms with Crippen molar-refractivity contribution in [1.82, 2.24) is 0 Å². The largest absolute Gasteiger partial charge is 0.489 e. The summed E-state index contributed by atoms with van der Waals surface area (Å²) in [6.45, 7) is 0.279. The van der Waals surface area contributed by atoms with Crippen LogP contribution in [0.4, 0.5) is 0 Å². The first-order valence-electron chi connectivity index (χ1n) is 5.36. The smallest absolute Gasteiger partial charge is 0.121 e. The van der Waals surface area contributed by atoms with Gasteiger partial charge < -0.3 is 4.74 Å². The van der Waals surface area contributed by atoms with Crippen LogP contribution in [0.15, 0.2) is 36.4 Å². The van der Waals surface area contributed by atoms with Crippen molar-refractivity contribution in [2.75, 3.05) is 0 Å². The Balaban J connectivity index is 2.13. The van der Waals surface area contributed by atoms with Crippen molar-refractivity contribution in [2.45, 2.75) is 6.61 Å². The van der Waals surface area contributed by atoms with Crippen molar-refractivity contribution in [3.8, 4) is 11.8 Å².